The van der Waals surface area contributed by atoms with Crippen LogP contribution in [0.5, 0.6) is 0 Å². The van der Waals surface area contributed by atoms with Crippen LogP contribution >= 0.6 is 0 Å². The van der Waals surface area contributed by atoms with E-state index in [2.05, 4.69) is 16.9 Å². The Balaban J connectivity index is 1.55. The lowest BCUT2D eigenvalue weighted by Crippen LogP contribution is -2.49. The Morgan fingerprint density at radius 1 is 1.48 bits per heavy atom. The molecule has 1 amide bonds. The Kier molecular flexibility index (Phi) is 4.31. The summed E-state index contributed by atoms with van der Waals surface area (Å²) < 4.78 is 5.84. The lowest BCUT2D eigenvalue weighted by atomic mass is 10.2. The summed E-state index contributed by atoms with van der Waals surface area (Å²) in [5.41, 5.74) is 1.72. The number of morpholine rings is 1. The van der Waals surface area contributed by atoms with Gasteiger partial charge in [0.2, 0.25) is 0 Å². The van der Waals surface area contributed by atoms with Gasteiger partial charge < -0.3 is 19.5 Å². The average molecular weight is 291 g/mol. The predicted molar refractivity (Wildman–Crippen MR) is 81.4 cm³/mol. The monoisotopic (exact) mass is 291 g/mol. The minimum atomic E-state index is 0.117. The van der Waals surface area contributed by atoms with Crippen molar-refractivity contribution < 1.29 is 9.53 Å². The molecular formula is C16H25N3O2. The highest BCUT2D eigenvalue weighted by Gasteiger charge is 2.28. The molecule has 1 aromatic rings. The summed E-state index contributed by atoms with van der Waals surface area (Å²) in [5.74, 6) is 1.01. The van der Waals surface area contributed by atoms with E-state index in [-0.39, 0.29) is 12.0 Å². The Morgan fingerprint density at radius 3 is 2.95 bits per heavy atom. The number of aryl methyl sites for hydroxylation is 1. The summed E-state index contributed by atoms with van der Waals surface area (Å²) in [6.45, 7) is 6.02. The van der Waals surface area contributed by atoms with Crippen LogP contribution in [0.3, 0.4) is 0 Å². The van der Waals surface area contributed by atoms with Crippen LogP contribution in [0.2, 0.25) is 0 Å². The number of carbonyl (C=O) groups is 1. The van der Waals surface area contributed by atoms with Gasteiger partial charge in [-0.25, -0.2) is 0 Å². The number of H-pyrrole nitrogens is 1. The van der Waals surface area contributed by atoms with Crippen molar-refractivity contribution in [3.63, 3.8) is 0 Å². The molecule has 1 aromatic heterocycles. The number of aromatic nitrogens is 1. The van der Waals surface area contributed by atoms with E-state index in [1.165, 1.54) is 12.8 Å². The molecule has 2 aliphatic rings. The van der Waals surface area contributed by atoms with E-state index in [1.807, 2.05) is 24.1 Å². The van der Waals surface area contributed by atoms with Gasteiger partial charge in [-0.1, -0.05) is 0 Å². The summed E-state index contributed by atoms with van der Waals surface area (Å²) >= 11 is 0. The fraction of sp³-hybridized carbons (Fsp3) is 0.688. The van der Waals surface area contributed by atoms with Crippen molar-refractivity contribution in [1.82, 2.24) is 14.8 Å². The van der Waals surface area contributed by atoms with E-state index in [4.69, 9.17) is 4.74 Å². The van der Waals surface area contributed by atoms with E-state index < -0.39 is 0 Å². The Labute approximate surface area is 126 Å². The molecule has 5 nitrogen and oxygen atoms in total. The van der Waals surface area contributed by atoms with Crippen molar-refractivity contribution in [2.45, 2.75) is 25.9 Å². The number of hydrogen-bond donors (Lipinski definition) is 1. The molecule has 1 atom stereocenters. The molecular weight excluding hydrogens is 266 g/mol. The molecule has 3 rings (SSSR count). The zero-order valence-electron chi connectivity index (χ0n) is 13.0. The molecule has 1 saturated heterocycles. The number of nitrogens with zero attached hydrogens (tertiary/aromatic N) is 2. The third-order valence-electron chi connectivity index (χ3n) is 4.39. The van der Waals surface area contributed by atoms with E-state index >= 15 is 0 Å². The number of amides is 1. The topological polar surface area (TPSA) is 48.6 Å². The van der Waals surface area contributed by atoms with Crippen LogP contribution in [0.25, 0.3) is 0 Å². The third kappa shape index (κ3) is 3.66. The first-order valence-electron chi connectivity index (χ1n) is 7.87. The normalized spacial score (nSPS) is 22.8. The number of rotatable bonds is 5. The number of likely N-dealkylation sites (N-methyl/N-ethyl adjacent to an activating group) is 1. The molecule has 0 aromatic carbocycles. The minimum absolute atomic E-state index is 0.117. The van der Waals surface area contributed by atoms with Crippen molar-refractivity contribution >= 4 is 5.91 Å². The van der Waals surface area contributed by atoms with Gasteiger partial charge in [-0.05, 0) is 38.8 Å². The van der Waals surface area contributed by atoms with Crippen LogP contribution < -0.4 is 0 Å². The van der Waals surface area contributed by atoms with Crippen molar-refractivity contribution in [2.75, 3.05) is 39.8 Å². The van der Waals surface area contributed by atoms with Crippen molar-refractivity contribution in [1.29, 1.82) is 0 Å². The van der Waals surface area contributed by atoms with E-state index in [9.17, 15) is 4.79 Å². The molecule has 1 unspecified atom stereocenters. The second-order valence-electron chi connectivity index (χ2n) is 6.42. The van der Waals surface area contributed by atoms with Gasteiger partial charge in [0.05, 0.1) is 18.3 Å². The first kappa shape index (κ1) is 14.6. The molecule has 5 heteroatoms. The zero-order chi connectivity index (χ0) is 14.8. The number of ether oxygens (including phenoxy) is 1. The maximum absolute atomic E-state index is 12.5. The van der Waals surface area contributed by atoms with Crippen molar-refractivity contribution in [3.05, 3.63) is 23.5 Å². The van der Waals surface area contributed by atoms with Crippen LogP contribution in [-0.2, 0) is 4.74 Å². The van der Waals surface area contributed by atoms with Gasteiger partial charge in [0, 0.05) is 38.1 Å². The van der Waals surface area contributed by atoms with Gasteiger partial charge in [0.25, 0.3) is 5.91 Å². The number of aromatic amines is 1. The fourth-order valence-corrected chi connectivity index (χ4v) is 3.03. The highest BCUT2D eigenvalue weighted by molar-refractivity contribution is 5.95. The smallest absolute Gasteiger partial charge is 0.255 e. The second kappa shape index (κ2) is 6.20. The summed E-state index contributed by atoms with van der Waals surface area (Å²) in [6.07, 6.45) is 4.69. The van der Waals surface area contributed by atoms with E-state index in [1.54, 1.807) is 0 Å². The maximum atomic E-state index is 12.5. The molecule has 2 fully saturated rings. The highest BCUT2D eigenvalue weighted by atomic mass is 16.5. The second-order valence-corrected chi connectivity index (χ2v) is 6.42. The Morgan fingerprint density at radius 2 is 2.29 bits per heavy atom. The van der Waals surface area contributed by atoms with E-state index in [0.29, 0.717) is 19.7 Å². The maximum Gasteiger partial charge on any atom is 0.255 e. The molecule has 1 saturated carbocycles. The molecule has 2 heterocycles. The average Bonchev–Trinajstić information content (AvgIpc) is 3.17. The van der Waals surface area contributed by atoms with Gasteiger partial charge in [0.15, 0.2) is 0 Å². The molecule has 0 bridgehead atoms. The van der Waals surface area contributed by atoms with Gasteiger partial charge in [-0.15, -0.1) is 0 Å². The first-order chi connectivity index (χ1) is 10.1. The molecule has 116 valence electrons. The molecule has 1 N–H and O–H groups in total. The van der Waals surface area contributed by atoms with Crippen LogP contribution in [-0.4, -0.2) is 66.6 Å². The molecule has 1 aliphatic carbocycles. The summed E-state index contributed by atoms with van der Waals surface area (Å²) in [4.78, 5) is 19.9. The first-order valence-corrected chi connectivity index (χ1v) is 7.87. The van der Waals surface area contributed by atoms with Crippen LogP contribution in [0.4, 0.5) is 0 Å². The largest absolute Gasteiger partial charge is 0.373 e. The summed E-state index contributed by atoms with van der Waals surface area (Å²) in [5, 5.41) is 0. The van der Waals surface area contributed by atoms with Crippen LogP contribution in [0, 0.1) is 12.8 Å². The number of nitrogens with one attached hydrogen (secondary N) is 1. The zero-order valence-corrected chi connectivity index (χ0v) is 13.0. The van der Waals surface area contributed by atoms with Gasteiger partial charge in [-0.2, -0.15) is 0 Å². The Bertz CT molecular complexity index is 495. The molecule has 21 heavy (non-hydrogen) atoms. The molecule has 0 radical (unpaired) electrons. The van der Waals surface area contributed by atoms with E-state index in [0.717, 1.165) is 30.3 Å². The lowest BCUT2D eigenvalue weighted by Gasteiger charge is -2.35. The Hall–Kier alpha value is -1.33. The van der Waals surface area contributed by atoms with Gasteiger partial charge in [-0.3, -0.25) is 4.79 Å². The van der Waals surface area contributed by atoms with Crippen LogP contribution in [0.1, 0.15) is 28.9 Å². The lowest BCUT2D eigenvalue weighted by molar-refractivity contribution is -0.0334. The van der Waals surface area contributed by atoms with Crippen LogP contribution in [0.15, 0.2) is 12.3 Å². The fourth-order valence-electron chi connectivity index (χ4n) is 3.03. The minimum Gasteiger partial charge on any atom is -0.373 e. The predicted octanol–water partition coefficient (Wildman–Crippen LogP) is 1.51. The standard InChI is InChI=1S/C16H25N3O2/c1-12-15(5-6-17-12)16(20)19-7-8-21-14(11-19)10-18(2)9-13-3-4-13/h5-6,13-14,17H,3-4,7-11H2,1-2H3. The van der Waals surface area contributed by atoms with Crippen molar-refractivity contribution in [3.8, 4) is 0 Å². The number of hydrogen-bond acceptors (Lipinski definition) is 3. The van der Waals surface area contributed by atoms with Crippen molar-refractivity contribution in [2.24, 2.45) is 5.92 Å². The molecule has 0 spiro atoms. The summed E-state index contributed by atoms with van der Waals surface area (Å²) in [7, 11) is 2.15. The SMILES string of the molecule is Cc1[nH]ccc1C(=O)N1CCOC(CN(C)CC2CC2)C1. The molecule has 1 aliphatic heterocycles. The third-order valence-corrected chi connectivity index (χ3v) is 4.39. The number of carbonyl (C=O) groups excluding carboxylic acids is 1. The quantitative estimate of drug-likeness (QED) is 0.894. The highest BCUT2D eigenvalue weighted by Crippen LogP contribution is 2.29. The summed E-state index contributed by atoms with van der Waals surface area (Å²) in [6, 6.07) is 1.86. The van der Waals surface area contributed by atoms with Gasteiger partial charge >= 0.3 is 0 Å². The van der Waals surface area contributed by atoms with Gasteiger partial charge in [0.1, 0.15) is 0 Å².